The first-order valence-corrected chi connectivity index (χ1v) is 7.33. The highest BCUT2D eigenvalue weighted by Crippen LogP contribution is 2.29. The summed E-state index contributed by atoms with van der Waals surface area (Å²) in [6.45, 7) is 3.19. The van der Waals surface area contributed by atoms with Crippen LogP contribution in [0.2, 0.25) is 10.2 Å². The second-order valence-electron chi connectivity index (χ2n) is 5.34. The van der Waals surface area contributed by atoms with E-state index in [0.29, 0.717) is 16.2 Å². The molecule has 0 saturated heterocycles. The third-order valence-electron chi connectivity index (χ3n) is 3.95. The first kappa shape index (κ1) is 14.1. The van der Waals surface area contributed by atoms with Crippen molar-refractivity contribution in [3.8, 4) is 0 Å². The molecule has 0 amide bonds. The number of pyridine rings is 1. The van der Waals surface area contributed by atoms with Crippen molar-refractivity contribution in [2.45, 2.75) is 45.2 Å². The van der Waals surface area contributed by atoms with Crippen molar-refractivity contribution in [1.29, 1.82) is 0 Å². The van der Waals surface area contributed by atoms with Crippen LogP contribution < -0.4 is 0 Å². The van der Waals surface area contributed by atoms with Gasteiger partial charge in [0.25, 0.3) is 0 Å². The topological polar surface area (TPSA) is 16.1 Å². The molecule has 1 fully saturated rings. The Balaban J connectivity index is 2.03. The molecule has 2 unspecified atom stereocenters. The van der Waals surface area contributed by atoms with Crippen molar-refractivity contribution < 1.29 is 0 Å². The van der Waals surface area contributed by atoms with Gasteiger partial charge in [-0.05, 0) is 31.9 Å². The Morgan fingerprint density at radius 1 is 1.33 bits per heavy atom. The molecule has 0 radical (unpaired) electrons. The predicted octanol–water partition coefficient (Wildman–Crippen LogP) is 4.40. The van der Waals surface area contributed by atoms with Gasteiger partial charge in [-0.3, -0.25) is 4.90 Å². The molecule has 4 heteroatoms. The molecule has 1 aliphatic rings. The van der Waals surface area contributed by atoms with Gasteiger partial charge in [0.15, 0.2) is 0 Å². The minimum atomic E-state index is 0.456. The summed E-state index contributed by atoms with van der Waals surface area (Å²) in [6.07, 6.45) is 7.12. The third-order valence-corrected chi connectivity index (χ3v) is 4.51. The number of rotatable bonds is 3. The normalized spacial score (nSPS) is 24.5. The maximum absolute atomic E-state index is 6.20. The molecule has 0 bridgehead atoms. The fourth-order valence-electron chi connectivity index (χ4n) is 2.89. The molecule has 0 aliphatic heterocycles. The molecular weight excluding hydrogens is 267 g/mol. The van der Waals surface area contributed by atoms with Gasteiger partial charge >= 0.3 is 0 Å². The highest BCUT2D eigenvalue weighted by atomic mass is 35.5. The zero-order valence-corrected chi connectivity index (χ0v) is 12.5. The van der Waals surface area contributed by atoms with Crippen LogP contribution in [0.15, 0.2) is 12.3 Å². The van der Waals surface area contributed by atoms with E-state index < -0.39 is 0 Å². The van der Waals surface area contributed by atoms with Crippen molar-refractivity contribution in [3.63, 3.8) is 0 Å². The van der Waals surface area contributed by atoms with Gasteiger partial charge in [0, 0.05) is 29.4 Å². The van der Waals surface area contributed by atoms with Crippen LogP contribution in [0.1, 0.15) is 38.2 Å². The Labute approximate surface area is 119 Å². The van der Waals surface area contributed by atoms with Crippen LogP contribution in [-0.4, -0.2) is 23.0 Å². The molecule has 1 saturated carbocycles. The molecule has 0 spiro atoms. The van der Waals surface area contributed by atoms with E-state index in [1.165, 1.54) is 25.7 Å². The summed E-state index contributed by atoms with van der Waals surface area (Å²) < 4.78 is 0. The molecule has 1 aromatic heterocycles. The second-order valence-corrected chi connectivity index (χ2v) is 6.14. The first-order valence-electron chi connectivity index (χ1n) is 6.58. The summed E-state index contributed by atoms with van der Waals surface area (Å²) in [4.78, 5) is 6.51. The Morgan fingerprint density at radius 2 is 2.06 bits per heavy atom. The van der Waals surface area contributed by atoms with Gasteiger partial charge in [0.05, 0.1) is 0 Å². The van der Waals surface area contributed by atoms with Crippen LogP contribution >= 0.6 is 23.2 Å². The lowest BCUT2D eigenvalue weighted by molar-refractivity contribution is 0.133. The van der Waals surface area contributed by atoms with E-state index in [1.807, 2.05) is 0 Å². The van der Waals surface area contributed by atoms with Crippen molar-refractivity contribution >= 4 is 23.2 Å². The average Bonchev–Trinajstić information content (AvgIpc) is 2.33. The summed E-state index contributed by atoms with van der Waals surface area (Å²) in [5.74, 6) is 0.766. The lowest BCUT2D eigenvalue weighted by Gasteiger charge is -2.36. The van der Waals surface area contributed by atoms with Crippen LogP contribution in [-0.2, 0) is 6.54 Å². The number of nitrogens with zero attached hydrogens (tertiary/aromatic N) is 2. The van der Waals surface area contributed by atoms with Gasteiger partial charge in [-0.15, -0.1) is 0 Å². The monoisotopic (exact) mass is 286 g/mol. The van der Waals surface area contributed by atoms with Gasteiger partial charge in [-0.25, -0.2) is 4.98 Å². The van der Waals surface area contributed by atoms with Crippen LogP contribution in [0.25, 0.3) is 0 Å². The van der Waals surface area contributed by atoms with Crippen molar-refractivity contribution in [2.75, 3.05) is 7.05 Å². The van der Waals surface area contributed by atoms with E-state index in [9.17, 15) is 0 Å². The summed E-state index contributed by atoms with van der Waals surface area (Å²) in [7, 11) is 2.18. The minimum absolute atomic E-state index is 0.456. The highest BCUT2D eigenvalue weighted by Gasteiger charge is 2.25. The molecule has 2 nitrogen and oxygen atoms in total. The molecule has 100 valence electrons. The van der Waals surface area contributed by atoms with E-state index in [1.54, 1.807) is 12.3 Å². The van der Waals surface area contributed by atoms with Crippen LogP contribution in [0.5, 0.6) is 0 Å². The Morgan fingerprint density at radius 3 is 2.72 bits per heavy atom. The molecule has 1 aliphatic carbocycles. The standard InChI is InChI=1S/C14H20Cl2N2/c1-10-5-3-4-6-13(10)18(2)9-11-8-17-14(16)7-12(11)15/h7-8,10,13H,3-6,9H2,1-2H3. The van der Waals surface area contributed by atoms with E-state index in [4.69, 9.17) is 23.2 Å². The van der Waals surface area contributed by atoms with Crippen LogP contribution in [0.3, 0.4) is 0 Å². The number of halogens is 2. The third kappa shape index (κ3) is 3.37. The second kappa shape index (κ2) is 6.23. The van der Waals surface area contributed by atoms with Gasteiger partial charge in [0.2, 0.25) is 0 Å². The van der Waals surface area contributed by atoms with Crippen LogP contribution in [0.4, 0.5) is 0 Å². The Bertz CT molecular complexity index is 409. The Kier molecular flexibility index (Phi) is 4.88. The zero-order chi connectivity index (χ0) is 13.1. The fraction of sp³-hybridized carbons (Fsp3) is 0.643. The molecule has 1 heterocycles. The molecule has 18 heavy (non-hydrogen) atoms. The smallest absolute Gasteiger partial charge is 0.130 e. The van der Waals surface area contributed by atoms with Gasteiger partial charge in [-0.2, -0.15) is 0 Å². The number of aromatic nitrogens is 1. The largest absolute Gasteiger partial charge is 0.299 e. The molecular formula is C14H20Cl2N2. The summed E-state index contributed by atoms with van der Waals surface area (Å²) in [6, 6.07) is 2.38. The summed E-state index contributed by atoms with van der Waals surface area (Å²) in [5.41, 5.74) is 1.06. The SMILES string of the molecule is CC1CCCCC1N(C)Cc1cnc(Cl)cc1Cl. The number of hydrogen-bond donors (Lipinski definition) is 0. The Hall–Kier alpha value is -0.310. The van der Waals surface area contributed by atoms with Crippen molar-refractivity contribution in [3.05, 3.63) is 28.0 Å². The molecule has 0 N–H and O–H groups in total. The first-order chi connectivity index (χ1) is 8.58. The maximum Gasteiger partial charge on any atom is 0.130 e. The predicted molar refractivity (Wildman–Crippen MR) is 77.1 cm³/mol. The van der Waals surface area contributed by atoms with Crippen molar-refractivity contribution in [2.24, 2.45) is 5.92 Å². The summed E-state index contributed by atoms with van der Waals surface area (Å²) >= 11 is 12.0. The summed E-state index contributed by atoms with van der Waals surface area (Å²) in [5, 5.41) is 1.17. The van der Waals surface area contributed by atoms with Gasteiger partial charge < -0.3 is 0 Å². The molecule has 2 atom stereocenters. The highest BCUT2D eigenvalue weighted by molar-refractivity contribution is 6.34. The van der Waals surface area contributed by atoms with Gasteiger partial charge in [-0.1, -0.05) is 43.0 Å². The molecule has 2 rings (SSSR count). The zero-order valence-electron chi connectivity index (χ0n) is 11.0. The lowest BCUT2D eigenvalue weighted by Crippen LogP contribution is -2.38. The molecule has 0 aromatic carbocycles. The minimum Gasteiger partial charge on any atom is -0.299 e. The van der Waals surface area contributed by atoms with E-state index in [0.717, 1.165) is 18.0 Å². The molecule has 1 aromatic rings. The van der Waals surface area contributed by atoms with Crippen molar-refractivity contribution in [1.82, 2.24) is 9.88 Å². The van der Waals surface area contributed by atoms with E-state index in [2.05, 4.69) is 23.9 Å². The van der Waals surface area contributed by atoms with Gasteiger partial charge in [0.1, 0.15) is 5.15 Å². The van der Waals surface area contributed by atoms with Crippen LogP contribution in [0, 0.1) is 5.92 Å². The van der Waals surface area contributed by atoms with E-state index >= 15 is 0 Å². The average molecular weight is 287 g/mol. The lowest BCUT2D eigenvalue weighted by atomic mass is 9.85. The quantitative estimate of drug-likeness (QED) is 0.766. The number of hydrogen-bond acceptors (Lipinski definition) is 2. The fourth-order valence-corrected chi connectivity index (χ4v) is 3.32. The maximum atomic E-state index is 6.20. The van der Waals surface area contributed by atoms with E-state index in [-0.39, 0.29) is 0 Å².